The molecule has 0 bridgehead atoms. The molecule has 3 N–H and O–H groups in total. The quantitative estimate of drug-likeness (QED) is 0.855. The first-order valence-electron chi connectivity index (χ1n) is 6.17. The molecule has 1 aliphatic heterocycles. The number of halogens is 2. The first-order valence-corrected chi connectivity index (χ1v) is 8.47. The molecule has 116 valence electrons. The first-order chi connectivity index (χ1) is 9.79. The van der Waals surface area contributed by atoms with Gasteiger partial charge >= 0.3 is 0 Å². The summed E-state index contributed by atoms with van der Waals surface area (Å²) in [5, 5.41) is 7.57. The number of hydrogen-bond acceptors (Lipinski definition) is 4. The summed E-state index contributed by atoms with van der Waals surface area (Å²) < 4.78 is 28.1. The predicted octanol–water partition coefficient (Wildman–Crippen LogP) is 1.41. The highest BCUT2D eigenvalue weighted by molar-refractivity contribution is 7.89. The van der Waals surface area contributed by atoms with E-state index in [0.717, 1.165) is 12.5 Å². The zero-order valence-electron chi connectivity index (χ0n) is 10.9. The number of hydrogen-bond donors (Lipinski definition) is 2. The minimum absolute atomic E-state index is 0.0212. The average molecular weight is 353 g/mol. The van der Waals surface area contributed by atoms with Crippen LogP contribution in [0, 0.1) is 5.92 Å². The maximum Gasteiger partial charge on any atom is 0.252 e. The summed E-state index contributed by atoms with van der Waals surface area (Å²) in [6, 6.07) is 2.42. The Morgan fingerprint density at radius 2 is 2.14 bits per heavy atom. The van der Waals surface area contributed by atoms with Gasteiger partial charge in [0.15, 0.2) is 0 Å². The van der Waals surface area contributed by atoms with E-state index >= 15 is 0 Å². The molecule has 0 aliphatic carbocycles. The molecular formula is C12H14Cl2N2O4S. The summed E-state index contributed by atoms with van der Waals surface area (Å²) >= 11 is 11.8. The summed E-state index contributed by atoms with van der Waals surface area (Å²) in [6.07, 6.45) is 0.867. The van der Waals surface area contributed by atoms with Gasteiger partial charge < -0.3 is 10.1 Å². The van der Waals surface area contributed by atoms with Crippen molar-refractivity contribution >= 4 is 39.1 Å². The fraction of sp³-hybridized carbons (Fsp3) is 0.417. The summed E-state index contributed by atoms with van der Waals surface area (Å²) in [6.45, 7) is 1.69. The molecule has 21 heavy (non-hydrogen) atoms. The number of benzene rings is 1. The van der Waals surface area contributed by atoms with E-state index in [9.17, 15) is 13.2 Å². The fourth-order valence-electron chi connectivity index (χ4n) is 2.01. The van der Waals surface area contributed by atoms with Crippen LogP contribution in [0.2, 0.25) is 10.0 Å². The normalized spacial score (nSPS) is 18.7. The lowest BCUT2D eigenvalue weighted by atomic mass is 10.1. The lowest BCUT2D eigenvalue weighted by Gasteiger charge is -2.12. The third kappa shape index (κ3) is 4.08. The van der Waals surface area contributed by atoms with Crippen LogP contribution < -0.4 is 10.5 Å². The molecule has 0 spiro atoms. The van der Waals surface area contributed by atoms with Crippen molar-refractivity contribution in [2.24, 2.45) is 11.1 Å². The number of carbonyl (C=O) groups excluding carboxylic acids is 1. The largest absolute Gasteiger partial charge is 0.381 e. The third-order valence-electron chi connectivity index (χ3n) is 3.13. The minimum Gasteiger partial charge on any atom is -0.381 e. The van der Waals surface area contributed by atoms with Crippen LogP contribution >= 0.6 is 23.2 Å². The standard InChI is InChI=1S/C12H14Cl2N2O4S/c13-8-3-9(11(14)10(4-8)21(15,18)19)12(17)16-5-7-1-2-20-6-7/h3-4,7H,1-2,5-6H2,(H,16,17)(H2,15,18,19). The topological polar surface area (TPSA) is 98.5 Å². The highest BCUT2D eigenvalue weighted by atomic mass is 35.5. The van der Waals surface area contributed by atoms with Crippen LogP contribution in [-0.2, 0) is 14.8 Å². The summed E-state index contributed by atoms with van der Waals surface area (Å²) in [7, 11) is -4.06. The lowest BCUT2D eigenvalue weighted by Crippen LogP contribution is -2.30. The highest BCUT2D eigenvalue weighted by Crippen LogP contribution is 2.28. The number of rotatable bonds is 4. The number of carbonyl (C=O) groups is 1. The van der Waals surface area contributed by atoms with E-state index in [2.05, 4.69) is 5.32 Å². The van der Waals surface area contributed by atoms with Crippen molar-refractivity contribution in [1.29, 1.82) is 0 Å². The van der Waals surface area contributed by atoms with Crippen molar-refractivity contribution in [2.45, 2.75) is 11.3 Å². The van der Waals surface area contributed by atoms with E-state index in [1.54, 1.807) is 0 Å². The van der Waals surface area contributed by atoms with Gasteiger partial charge in [-0.15, -0.1) is 0 Å². The number of nitrogens with one attached hydrogen (secondary N) is 1. The van der Waals surface area contributed by atoms with E-state index in [-0.39, 0.29) is 26.4 Å². The van der Waals surface area contributed by atoms with Crippen LogP contribution in [0.1, 0.15) is 16.8 Å². The van der Waals surface area contributed by atoms with Crippen LogP contribution in [0.25, 0.3) is 0 Å². The molecule has 9 heteroatoms. The van der Waals surface area contributed by atoms with Gasteiger partial charge in [-0.05, 0) is 18.6 Å². The number of nitrogens with two attached hydrogens (primary N) is 1. The second-order valence-corrected chi connectivity index (χ2v) is 7.09. The Labute approximate surface area is 132 Å². The molecule has 1 atom stereocenters. The second kappa shape index (κ2) is 6.50. The molecule has 0 radical (unpaired) electrons. The van der Waals surface area contributed by atoms with Crippen molar-refractivity contribution in [3.63, 3.8) is 0 Å². The van der Waals surface area contributed by atoms with Gasteiger partial charge in [0.2, 0.25) is 10.0 Å². The molecular weight excluding hydrogens is 339 g/mol. The van der Waals surface area contributed by atoms with Crippen molar-refractivity contribution < 1.29 is 17.9 Å². The molecule has 1 aromatic rings. The molecule has 1 unspecified atom stereocenters. The Kier molecular flexibility index (Phi) is 5.11. The molecule has 1 fully saturated rings. The zero-order valence-corrected chi connectivity index (χ0v) is 13.3. The van der Waals surface area contributed by atoms with Crippen LogP contribution in [-0.4, -0.2) is 34.1 Å². The smallest absolute Gasteiger partial charge is 0.252 e. The Bertz CT molecular complexity index is 657. The Morgan fingerprint density at radius 3 is 2.71 bits per heavy atom. The van der Waals surface area contributed by atoms with E-state index in [0.29, 0.717) is 19.8 Å². The third-order valence-corrected chi connectivity index (χ3v) is 4.80. The number of primary sulfonamides is 1. The number of ether oxygens (including phenoxy) is 1. The van der Waals surface area contributed by atoms with Crippen molar-refractivity contribution in [3.8, 4) is 0 Å². The van der Waals surface area contributed by atoms with E-state index in [4.69, 9.17) is 33.1 Å². The Balaban J connectivity index is 2.22. The Morgan fingerprint density at radius 1 is 1.43 bits per heavy atom. The number of sulfonamides is 1. The van der Waals surface area contributed by atoms with Gasteiger partial charge in [-0.1, -0.05) is 23.2 Å². The van der Waals surface area contributed by atoms with Gasteiger partial charge in [0.1, 0.15) is 4.90 Å². The van der Waals surface area contributed by atoms with Crippen LogP contribution in [0.5, 0.6) is 0 Å². The SMILES string of the molecule is NS(=O)(=O)c1cc(Cl)cc(C(=O)NCC2CCOC2)c1Cl. The van der Waals surface area contributed by atoms with E-state index in [1.165, 1.54) is 6.07 Å². The van der Waals surface area contributed by atoms with Gasteiger partial charge in [-0.25, -0.2) is 13.6 Å². The van der Waals surface area contributed by atoms with E-state index in [1.807, 2.05) is 0 Å². The maximum atomic E-state index is 12.1. The van der Waals surface area contributed by atoms with Crippen LogP contribution in [0.15, 0.2) is 17.0 Å². The molecule has 1 aromatic carbocycles. The van der Waals surface area contributed by atoms with Gasteiger partial charge in [0.25, 0.3) is 5.91 Å². The highest BCUT2D eigenvalue weighted by Gasteiger charge is 2.22. The molecule has 1 heterocycles. The van der Waals surface area contributed by atoms with Crippen LogP contribution in [0.4, 0.5) is 0 Å². The fourth-order valence-corrected chi connectivity index (χ4v) is 3.46. The monoisotopic (exact) mass is 352 g/mol. The van der Waals surface area contributed by atoms with Gasteiger partial charge in [-0.3, -0.25) is 4.79 Å². The number of amides is 1. The molecule has 6 nitrogen and oxygen atoms in total. The lowest BCUT2D eigenvalue weighted by molar-refractivity contribution is 0.0945. The molecule has 0 aromatic heterocycles. The first kappa shape index (κ1) is 16.5. The summed E-state index contributed by atoms with van der Waals surface area (Å²) in [5.41, 5.74) is -0.0212. The summed E-state index contributed by atoms with van der Waals surface area (Å²) in [5.74, 6) is -0.260. The average Bonchev–Trinajstić information content (AvgIpc) is 2.90. The van der Waals surface area contributed by atoms with Crippen molar-refractivity contribution in [2.75, 3.05) is 19.8 Å². The molecule has 1 saturated heterocycles. The Hall–Kier alpha value is -0.860. The van der Waals surface area contributed by atoms with Gasteiger partial charge in [0, 0.05) is 24.1 Å². The zero-order chi connectivity index (χ0) is 15.6. The van der Waals surface area contributed by atoms with Crippen molar-refractivity contribution in [1.82, 2.24) is 5.32 Å². The van der Waals surface area contributed by atoms with Crippen molar-refractivity contribution in [3.05, 3.63) is 27.7 Å². The van der Waals surface area contributed by atoms with Gasteiger partial charge in [-0.2, -0.15) is 0 Å². The van der Waals surface area contributed by atoms with E-state index < -0.39 is 15.9 Å². The van der Waals surface area contributed by atoms with Crippen LogP contribution in [0.3, 0.4) is 0 Å². The molecule has 2 rings (SSSR count). The molecule has 1 amide bonds. The second-order valence-electron chi connectivity index (χ2n) is 4.75. The minimum atomic E-state index is -4.06. The molecule has 1 aliphatic rings. The maximum absolute atomic E-state index is 12.1. The molecule has 0 saturated carbocycles. The summed E-state index contributed by atoms with van der Waals surface area (Å²) in [4.78, 5) is 11.8. The predicted molar refractivity (Wildman–Crippen MR) is 79.1 cm³/mol. The van der Waals surface area contributed by atoms with Gasteiger partial charge in [0.05, 0.1) is 17.2 Å².